The molecule has 1 aromatic rings. The summed E-state index contributed by atoms with van der Waals surface area (Å²) in [7, 11) is 0. The highest BCUT2D eigenvalue weighted by Gasteiger charge is 2.41. The monoisotopic (exact) mass is 234 g/mol. The van der Waals surface area contributed by atoms with Gasteiger partial charge in [0.25, 0.3) is 0 Å². The first kappa shape index (κ1) is 10.9. The molecule has 1 aliphatic carbocycles. The minimum atomic E-state index is -0.493. The summed E-state index contributed by atoms with van der Waals surface area (Å²) >= 11 is 0. The van der Waals surface area contributed by atoms with Gasteiger partial charge in [0.15, 0.2) is 11.5 Å². The van der Waals surface area contributed by atoms with Crippen molar-refractivity contribution in [3.63, 3.8) is 0 Å². The molecule has 17 heavy (non-hydrogen) atoms. The molecule has 1 fully saturated rings. The molecule has 92 valence electrons. The number of rotatable bonds is 2. The number of ether oxygens (including phenoxy) is 2. The lowest BCUT2D eigenvalue weighted by Gasteiger charge is -2.24. The maximum absolute atomic E-state index is 10.1. The molecule has 0 radical (unpaired) electrons. The van der Waals surface area contributed by atoms with E-state index >= 15 is 0 Å². The van der Waals surface area contributed by atoms with Gasteiger partial charge in [-0.25, -0.2) is 0 Å². The molecule has 0 aromatic heterocycles. The summed E-state index contributed by atoms with van der Waals surface area (Å²) in [6.45, 7) is 5.38. The van der Waals surface area contributed by atoms with Gasteiger partial charge < -0.3 is 14.6 Å². The van der Waals surface area contributed by atoms with Gasteiger partial charge in [-0.15, -0.1) is 0 Å². The van der Waals surface area contributed by atoms with Crippen molar-refractivity contribution >= 4 is 0 Å². The lowest BCUT2D eigenvalue weighted by molar-refractivity contribution is 0.143. The van der Waals surface area contributed by atoms with Crippen molar-refractivity contribution in [1.82, 2.24) is 0 Å². The Hall–Kier alpha value is -1.22. The third-order valence-corrected chi connectivity index (χ3v) is 3.81. The molecule has 3 heteroatoms. The summed E-state index contributed by atoms with van der Waals surface area (Å²) in [6.07, 6.45) is 2.48. The lowest BCUT2D eigenvalue weighted by Crippen LogP contribution is -2.20. The van der Waals surface area contributed by atoms with E-state index in [1.165, 1.54) is 11.1 Å². The molecule has 0 atom stereocenters. The topological polar surface area (TPSA) is 38.7 Å². The van der Waals surface area contributed by atoms with E-state index in [4.69, 9.17) is 9.47 Å². The molecule has 0 saturated heterocycles. The van der Waals surface area contributed by atoms with E-state index in [1.807, 2.05) is 6.07 Å². The van der Waals surface area contributed by atoms with E-state index in [0.29, 0.717) is 19.6 Å². The molecule has 3 rings (SSSR count). The van der Waals surface area contributed by atoms with Crippen LogP contribution in [0.15, 0.2) is 6.07 Å². The minimum absolute atomic E-state index is 0.493. The molecule has 0 bridgehead atoms. The number of hydrogen-bond acceptors (Lipinski definition) is 3. The maximum atomic E-state index is 10.1. The molecular formula is C14H18O3. The fourth-order valence-corrected chi connectivity index (χ4v) is 2.35. The summed E-state index contributed by atoms with van der Waals surface area (Å²) in [4.78, 5) is 0. The van der Waals surface area contributed by atoms with E-state index in [9.17, 15) is 5.11 Å². The molecule has 1 aliphatic heterocycles. The first-order valence-electron chi connectivity index (χ1n) is 6.20. The molecule has 1 saturated carbocycles. The summed E-state index contributed by atoms with van der Waals surface area (Å²) in [5, 5.41) is 10.1. The van der Waals surface area contributed by atoms with Gasteiger partial charge in [-0.1, -0.05) is 0 Å². The third kappa shape index (κ3) is 1.89. The summed E-state index contributed by atoms with van der Waals surface area (Å²) in [5.74, 6) is 1.68. The number of fused-ring (bicyclic) bond motifs is 1. The fraction of sp³-hybridized carbons (Fsp3) is 0.571. The van der Waals surface area contributed by atoms with E-state index in [-0.39, 0.29) is 0 Å². The highest BCUT2D eigenvalue weighted by molar-refractivity contribution is 5.55. The quantitative estimate of drug-likeness (QED) is 0.852. The molecule has 2 aliphatic rings. The van der Waals surface area contributed by atoms with Gasteiger partial charge in [-0.3, -0.25) is 0 Å². The molecule has 0 spiro atoms. The second-order valence-corrected chi connectivity index (χ2v) is 5.22. The number of aliphatic hydroxyl groups is 1. The zero-order chi connectivity index (χ0) is 12.0. The molecule has 1 N–H and O–H groups in total. The van der Waals surface area contributed by atoms with Crippen molar-refractivity contribution < 1.29 is 14.6 Å². The average Bonchev–Trinajstić information content (AvgIpc) is 3.03. The van der Waals surface area contributed by atoms with Crippen molar-refractivity contribution in [2.45, 2.75) is 38.7 Å². The first-order valence-corrected chi connectivity index (χ1v) is 6.20. The zero-order valence-electron chi connectivity index (χ0n) is 10.4. The first-order chi connectivity index (χ1) is 8.09. The van der Waals surface area contributed by atoms with Crippen LogP contribution in [0.25, 0.3) is 0 Å². The summed E-state index contributed by atoms with van der Waals surface area (Å²) in [5.41, 5.74) is 3.05. The minimum Gasteiger partial charge on any atom is -0.486 e. The van der Waals surface area contributed by atoms with Crippen LogP contribution in [0.1, 0.15) is 29.5 Å². The van der Waals surface area contributed by atoms with Gasteiger partial charge in [0.1, 0.15) is 13.2 Å². The van der Waals surface area contributed by atoms with Crippen LogP contribution in [0, 0.1) is 13.8 Å². The van der Waals surface area contributed by atoms with Crippen LogP contribution in [0.5, 0.6) is 11.5 Å². The highest BCUT2D eigenvalue weighted by atomic mass is 16.6. The van der Waals surface area contributed by atoms with Gasteiger partial charge in [-0.2, -0.15) is 0 Å². The van der Waals surface area contributed by atoms with Crippen LogP contribution < -0.4 is 9.47 Å². The third-order valence-electron chi connectivity index (χ3n) is 3.81. The van der Waals surface area contributed by atoms with E-state index < -0.39 is 5.60 Å². The summed E-state index contributed by atoms with van der Waals surface area (Å²) in [6, 6.07) is 2.03. The SMILES string of the molecule is Cc1cc2c(c(CC3(O)CC3)c1C)OCCO2. The van der Waals surface area contributed by atoms with Crippen molar-refractivity contribution in [2.24, 2.45) is 0 Å². The Morgan fingerprint density at radius 1 is 1.24 bits per heavy atom. The second-order valence-electron chi connectivity index (χ2n) is 5.22. The Bertz CT molecular complexity index is 461. The molecule has 0 amide bonds. The largest absolute Gasteiger partial charge is 0.486 e. The average molecular weight is 234 g/mol. The second kappa shape index (κ2) is 3.64. The highest BCUT2D eigenvalue weighted by Crippen LogP contribution is 2.45. The summed E-state index contributed by atoms with van der Waals surface area (Å²) < 4.78 is 11.4. The van der Waals surface area contributed by atoms with E-state index in [0.717, 1.165) is 29.9 Å². The Balaban J connectivity index is 2.06. The van der Waals surface area contributed by atoms with Gasteiger partial charge in [0, 0.05) is 12.0 Å². The van der Waals surface area contributed by atoms with Crippen molar-refractivity contribution in [3.8, 4) is 11.5 Å². The predicted octanol–water partition coefficient (Wildman–Crippen LogP) is 2.14. The molecule has 1 aromatic carbocycles. The maximum Gasteiger partial charge on any atom is 0.164 e. The van der Waals surface area contributed by atoms with Crippen LogP contribution in [-0.2, 0) is 6.42 Å². The Kier molecular flexibility index (Phi) is 2.33. The van der Waals surface area contributed by atoms with Crippen LogP contribution in [0.2, 0.25) is 0 Å². The Morgan fingerprint density at radius 3 is 2.65 bits per heavy atom. The van der Waals surface area contributed by atoms with Crippen molar-refractivity contribution in [1.29, 1.82) is 0 Å². The standard InChI is InChI=1S/C14H18O3/c1-9-7-12-13(17-6-5-16-12)11(10(9)2)8-14(15)3-4-14/h7,15H,3-6,8H2,1-2H3. The van der Waals surface area contributed by atoms with Crippen LogP contribution in [0.4, 0.5) is 0 Å². The Labute approximate surface area is 101 Å². The lowest BCUT2D eigenvalue weighted by atomic mass is 9.95. The van der Waals surface area contributed by atoms with Gasteiger partial charge in [-0.05, 0) is 43.9 Å². The van der Waals surface area contributed by atoms with E-state index in [1.54, 1.807) is 0 Å². The number of hydrogen-bond donors (Lipinski definition) is 1. The Morgan fingerprint density at radius 2 is 1.94 bits per heavy atom. The van der Waals surface area contributed by atoms with Gasteiger partial charge in [0.2, 0.25) is 0 Å². The van der Waals surface area contributed by atoms with Crippen LogP contribution >= 0.6 is 0 Å². The molecule has 3 nitrogen and oxygen atoms in total. The van der Waals surface area contributed by atoms with Gasteiger partial charge >= 0.3 is 0 Å². The number of aryl methyl sites for hydroxylation is 1. The van der Waals surface area contributed by atoms with Gasteiger partial charge in [0.05, 0.1) is 5.60 Å². The van der Waals surface area contributed by atoms with Crippen LogP contribution in [-0.4, -0.2) is 23.9 Å². The molecule has 0 unspecified atom stereocenters. The zero-order valence-corrected chi connectivity index (χ0v) is 10.4. The predicted molar refractivity (Wildman–Crippen MR) is 64.8 cm³/mol. The van der Waals surface area contributed by atoms with Crippen molar-refractivity contribution in [3.05, 3.63) is 22.8 Å². The van der Waals surface area contributed by atoms with Crippen molar-refractivity contribution in [2.75, 3.05) is 13.2 Å². The molecular weight excluding hydrogens is 216 g/mol. The van der Waals surface area contributed by atoms with E-state index in [2.05, 4.69) is 13.8 Å². The normalized spacial score (nSPS) is 20.2. The smallest absolute Gasteiger partial charge is 0.164 e. The number of benzene rings is 1. The fourth-order valence-electron chi connectivity index (χ4n) is 2.35. The van der Waals surface area contributed by atoms with Crippen LogP contribution in [0.3, 0.4) is 0 Å². The molecule has 1 heterocycles.